The molecule has 1 aliphatic rings. The zero-order chi connectivity index (χ0) is 17.7. The number of amides is 1. The van der Waals surface area contributed by atoms with E-state index in [9.17, 15) is 19.5 Å². The SMILES string of the molecule is CCCc1cc(C(=O)OC)c(NC(=O)C2CC=CCC2C(=O)O)s1. The number of allylic oxidation sites excluding steroid dienone is 2. The molecule has 1 aromatic heterocycles. The summed E-state index contributed by atoms with van der Waals surface area (Å²) < 4.78 is 4.77. The topological polar surface area (TPSA) is 92.7 Å². The van der Waals surface area contributed by atoms with E-state index in [-0.39, 0.29) is 5.91 Å². The van der Waals surface area contributed by atoms with Crippen molar-refractivity contribution in [2.24, 2.45) is 11.8 Å². The highest BCUT2D eigenvalue weighted by Gasteiger charge is 2.34. The van der Waals surface area contributed by atoms with Gasteiger partial charge in [0.15, 0.2) is 0 Å². The van der Waals surface area contributed by atoms with Crippen molar-refractivity contribution in [2.75, 3.05) is 12.4 Å². The Morgan fingerprint density at radius 2 is 1.96 bits per heavy atom. The van der Waals surface area contributed by atoms with Gasteiger partial charge in [-0.25, -0.2) is 4.79 Å². The van der Waals surface area contributed by atoms with Crippen molar-refractivity contribution in [3.8, 4) is 0 Å². The molecule has 2 N–H and O–H groups in total. The van der Waals surface area contributed by atoms with Crippen LogP contribution in [-0.4, -0.2) is 30.1 Å². The van der Waals surface area contributed by atoms with Crippen molar-refractivity contribution in [1.82, 2.24) is 0 Å². The number of ether oxygens (including phenoxy) is 1. The maximum atomic E-state index is 12.6. The number of nitrogens with one attached hydrogen (secondary N) is 1. The number of carboxylic acids is 1. The van der Waals surface area contributed by atoms with Crippen LogP contribution >= 0.6 is 11.3 Å². The smallest absolute Gasteiger partial charge is 0.340 e. The summed E-state index contributed by atoms with van der Waals surface area (Å²) in [7, 11) is 1.29. The van der Waals surface area contributed by atoms with Gasteiger partial charge in [0, 0.05) is 4.88 Å². The Kier molecular flexibility index (Phi) is 6.14. The Morgan fingerprint density at radius 3 is 2.54 bits per heavy atom. The van der Waals surface area contributed by atoms with Crippen LogP contribution in [0.15, 0.2) is 18.2 Å². The molecule has 7 heteroatoms. The van der Waals surface area contributed by atoms with Gasteiger partial charge in [0.2, 0.25) is 5.91 Å². The van der Waals surface area contributed by atoms with Gasteiger partial charge in [0.05, 0.1) is 24.5 Å². The predicted octanol–water partition coefficient (Wildman–Crippen LogP) is 3.09. The fourth-order valence-electron chi connectivity index (χ4n) is 2.75. The van der Waals surface area contributed by atoms with Crippen molar-refractivity contribution >= 4 is 34.2 Å². The van der Waals surface area contributed by atoms with Gasteiger partial charge in [-0.2, -0.15) is 0 Å². The molecule has 0 radical (unpaired) electrons. The molecule has 0 aliphatic heterocycles. The van der Waals surface area contributed by atoms with E-state index >= 15 is 0 Å². The summed E-state index contributed by atoms with van der Waals surface area (Å²) >= 11 is 1.33. The van der Waals surface area contributed by atoms with Crippen LogP contribution in [0.1, 0.15) is 41.4 Å². The van der Waals surface area contributed by atoms with Crippen LogP contribution in [0.3, 0.4) is 0 Å². The van der Waals surface area contributed by atoms with Gasteiger partial charge >= 0.3 is 11.9 Å². The van der Waals surface area contributed by atoms with E-state index in [0.717, 1.165) is 17.7 Å². The Hall–Kier alpha value is -2.15. The van der Waals surface area contributed by atoms with E-state index in [0.29, 0.717) is 23.4 Å². The second-order valence-corrected chi connectivity index (χ2v) is 6.82. The highest BCUT2D eigenvalue weighted by molar-refractivity contribution is 7.16. The van der Waals surface area contributed by atoms with E-state index in [2.05, 4.69) is 5.32 Å². The number of anilines is 1. The molecule has 2 atom stereocenters. The lowest BCUT2D eigenvalue weighted by atomic mass is 9.82. The number of carbonyl (C=O) groups is 3. The molecule has 0 spiro atoms. The minimum atomic E-state index is -0.981. The predicted molar refractivity (Wildman–Crippen MR) is 91.3 cm³/mol. The van der Waals surface area contributed by atoms with Crippen LogP contribution in [-0.2, 0) is 20.7 Å². The molecule has 1 heterocycles. The lowest BCUT2D eigenvalue weighted by Gasteiger charge is -2.24. The van der Waals surface area contributed by atoms with Gasteiger partial charge in [-0.3, -0.25) is 9.59 Å². The molecule has 2 unspecified atom stereocenters. The molecule has 1 aliphatic carbocycles. The van der Waals surface area contributed by atoms with E-state index in [1.54, 1.807) is 12.1 Å². The first-order chi connectivity index (χ1) is 11.5. The molecule has 130 valence electrons. The normalized spacial score (nSPS) is 19.8. The van der Waals surface area contributed by atoms with E-state index in [4.69, 9.17) is 4.74 Å². The highest BCUT2D eigenvalue weighted by atomic mass is 32.1. The van der Waals surface area contributed by atoms with Gasteiger partial charge < -0.3 is 15.2 Å². The summed E-state index contributed by atoms with van der Waals surface area (Å²) in [5.74, 6) is -3.25. The fraction of sp³-hybridized carbons (Fsp3) is 0.471. The lowest BCUT2D eigenvalue weighted by molar-refractivity contribution is -0.146. The monoisotopic (exact) mass is 351 g/mol. The Bertz CT molecular complexity index is 664. The first-order valence-electron chi connectivity index (χ1n) is 7.87. The average Bonchev–Trinajstić information content (AvgIpc) is 2.96. The molecule has 1 aromatic rings. The molecular weight excluding hydrogens is 330 g/mol. The van der Waals surface area contributed by atoms with Crippen molar-refractivity contribution in [2.45, 2.75) is 32.6 Å². The average molecular weight is 351 g/mol. The van der Waals surface area contributed by atoms with Crippen molar-refractivity contribution in [3.05, 3.63) is 28.7 Å². The lowest BCUT2D eigenvalue weighted by Crippen LogP contribution is -2.34. The van der Waals surface area contributed by atoms with E-state index < -0.39 is 23.8 Å². The van der Waals surface area contributed by atoms with Gasteiger partial charge in [-0.1, -0.05) is 25.5 Å². The van der Waals surface area contributed by atoms with Crippen LogP contribution in [0, 0.1) is 11.8 Å². The van der Waals surface area contributed by atoms with Crippen molar-refractivity contribution < 1.29 is 24.2 Å². The summed E-state index contributed by atoms with van der Waals surface area (Å²) in [6, 6.07) is 1.73. The van der Waals surface area contributed by atoms with Gasteiger partial charge in [-0.05, 0) is 25.3 Å². The number of rotatable bonds is 6. The third-order valence-corrected chi connectivity index (χ3v) is 5.12. The number of carboxylic acid groups (broad SMARTS) is 1. The van der Waals surface area contributed by atoms with Crippen LogP contribution in [0.2, 0.25) is 0 Å². The molecular formula is C17H21NO5S. The number of esters is 1. The van der Waals surface area contributed by atoms with E-state index in [1.807, 2.05) is 13.0 Å². The minimum absolute atomic E-state index is 0.317. The second kappa shape index (κ2) is 8.10. The molecule has 6 nitrogen and oxygen atoms in total. The largest absolute Gasteiger partial charge is 0.481 e. The third kappa shape index (κ3) is 4.03. The first-order valence-corrected chi connectivity index (χ1v) is 8.69. The third-order valence-electron chi connectivity index (χ3n) is 4.01. The van der Waals surface area contributed by atoms with Gasteiger partial charge in [0.25, 0.3) is 0 Å². The number of carbonyl (C=O) groups excluding carboxylic acids is 2. The minimum Gasteiger partial charge on any atom is -0.481 e. The number of methoxy groups -OCH3 is 1. The molecule has 0 fully saturated rings. The highest BCUT2D eigenvalue weighted by Crippen LogP contribution is 2.32. The Morgan fingerprint density at radius 1 is 1.29 bits per heavy atom. The summed E-state index contributed by atoms with van der Waals surface area (Å²) in [4.78, 5) is 36.8. The summed E-state index contributed by atoms with van der Waals surface area (Å²) in [5.41, 5.74) is 0.317. The summed E-state index contributed by atoms with van der Waals surface area (Å²) in [5, 5.41) is 12.5. The molecule has 24 heavy (non-hydrogen) atoms. The second-order valence-electron chi connectivity index (χ2n) is 5.68. The Labute approximate surface area is 144 Å². The zero-order valence-electron chi connectivity index (χ0n) is 13.7. The fourth-order valence-corrected chi connectivity index (χ4v) is 3.90. The van der Waals surface area contributed by atoms with E-state index in [1.165, 1.54) is 18.4 Å². The van der Waals surface area contributed by atoms with Crippen molar-refractivity contribution in [1.29, 1.82) is 0 Å². The van der Waals surface area contributed by atoms with Crippen LogP contribution in [0.5, 0.6) is 0 Å². The number of thiophene rings is 1. The first kappa shape index (κ1) is 18.2. The maximum absolute atomic E-state index is 12.6. The number of hydrogen-bond acceptors (Lipinski definition) is 5. The quantitative estimate of drug-likeness (QED) is 0.607. The molecule has 1 amide bonds. The zero-order valence-corrected chi connectivity index (χ0v) is 14.5. The maximum Gasteiger partial charge on any atom is 0.340 e. The van der Waals surface area contributed by atoms with Crippen molar-refractivity contribution in [3.63, 3.8) is 0 Å². The molecule has 2 rings (SSSR count). The van der Waals surface area contributed by atoms with Gasteiger partial charge in [-0.15, -0.1) is 11.3 Å². The standard InChI is InChI=1S/C17H21NO5S/c1-3-6-10-9-13(17(22)23-2)15(24-10)18-14(19)11-7-4-5-8-12(11)16(20)21/h4-5,9,11-12H,3,6-8H2,1-2H3,(H,18,19)(H,20,21). The number of aliphatic carboxylic acids is 1. The molecule has 0 saturated heterocycles. The molecule has 0 saturated carbocycles. The van der Waals surface area contributed by atoms with Crippen LogP contribution < -0.4 is 5.32 Å². The van der Waals surface area contributed by atoms with Crippen LogP contribution in [0.4, 0.5) is 5.00 Å². The van der Waals surface area contributed by atoms with Crippen LogP contribution in [0.25, 0.3) is 0 Å². The number of hydrogen-bond donors (Lipinski definition) is 2. The Balaban J connectivity index is 2.22. The number of aryl methyl sites for hydroxylation is 1. The summed E-state index contributed by atoms with van der Waals surface area (Å²) in [6.07, 6.45) is 6.04. The molecule has 0 aromatic carbocycles. The summed E-state index contributed by atoms with van der Waals surface area (Å²) in [6.45, 7) is 2.03. The molecule has 0 bridgehead atoms. The van der Waals surface area contributed by atoms with Gasteiger partial charge in [0.1, 0.15) is 5.00 Å².